The summed E-state index contributed by atoms with van der Waals surface area (Å²) in [5.74, 6) is 0.640. The van der Waals surface area contributed by atoms with E-state index < -0.39 is 19.6 Å². The van der Waals surface area contributed by atoms with Gasteiger partial charge in [0, 0.05) is 49.1 Å². The highest BCUT2D eigenvalue weighted by Crippen LogP contribution is 2.64. The minimum atomic E-state index is -3.05. The summed E-state index contributed by atoms with van der Waals surface area (Å²) in [5.41, 5.74) is 7.17. The lowest BCUT2D eigenvalue weighted by Crippen LogP contribution is -2.36. The van der Waals surface area contributed by atoms with Gasteiger partial charge in [0.25, 0.3) is 6.43 Å². The summed E-state index contributed by atoms with van der Waals surface area (Å²) in [6.45, 7) is -0.0256. The van der Waals surface area contributed by atoms with E-state index in [2.05, 4.69) is 19.7 Å². The Labute approximate surface area is 188 Å². The van der Waals surface area contributed by atoms with Crippen LogP contribution in [-0.4, -0.2) is 65.0 Å². The van der Waals surface area contributed by atoms with Gasteiger partial charge in [0.15, 0.2) is 11.6 Å². The molecular formula is C22H27F4N5O2. The number of pyridine rings is 1. The largest absolute Gasteiger partial charge is 0.431 e. The minimum absolute atomic E-state index is 0.173. The highest BCUT2D eigenvalue weighted by Gasteiger charge is 2.58. The molecule has 3 fully saturated rings. The van der Waals surface area contributed by atoms with Gasteiger partial charge in [-0.25, -0.2) is 13.8 Å². The molecule has 2 unspecified atom stereocenters. The summed E-state index contributed by atoms with van der Waals surface area (Å²) in [6, 6.07) is 3.61. The monoisotopic (exact) mass is 469 g/mol. The van der Waals surface area contributed by atoms with Gasteiger partial charge in [0.2, 0.25) is 0 Å². The number of anilines is 1. The Kier molecular flexibility index (Phi) is 6.17. The normalized spacial score (nSPS) is 27.7. The third-order valence-corrected chi connectivity index (χ3v) is 7.05. The molecular weight excluding hydrogens is 442 g/mol. The number of fused-ring (bicyclic) bond motifs is 1. The van der Waals surface area contributed by atoms with E-state index in [1.54, 1.807) is 6.07 Å². The summed E-state index contributed by atoms with van der Waals surface area (Å²) in [6.07, 6.45) is 1.95. The highest BCUT2D eigenvalue weighted by molar-refractivity contribution is 5.64. The number of hydrogen-bond donors (Lipinski definition) is 1. The lowest BCUT2D eigenvalue weighted by Gasteiger charge is -2.28. The Bertz CT molecular complexity index is 968. The lowest BCUT2D eigenvalue weighted by atomic mass is 10.0. The first kappa shape index (κ1) is 22.4. The Hall–Kier alpha value is -2.40. The average molecular weight is 469 g/mol. The molecule has 0 bridgehead atoms. The van der Waals surface area contributed by atoms with Gasteiger partial charge < -0.3 is 15.2 Å². The molecule has 0 spiro atoms. The average Bonchev–Trinajstić information content (AvgIpc) is 3.15. The number of hydrogen-bond acceptors (Lipinski definition) is 6. The van der Waals surface area contributed by atoms with Crippen molar-refractivity contribution < 1.29 is 27.0 Å². The molecule has 1 saturated heterocycles. The molecule has 33 heavy (non-hydrogen) atoms. The van der Waals surface area contributed by atoms with Crippen LogP contribution >= 0.6 is 0 Å². The topological polar surface area (TPSA) is 78.4 Å². The zero-order valence-electron chi connectivity index (χ0n) is 18.0. The standard InChI is InChI=1S/C22H27F4N5O2/c23-19(24)11-31-17(9-16(29-31)12-6-18(33-22(25)26)21(27)28-10-12)20-14-7-13(8-15(14)20)30-2-1-4-32-5-3-30/h6,9-10,13-15,19-20,22H,1-5,7-8,11H2,(H2,27,28)/t13?,14-,15+,20?. The second-order valence-electron chi connectivity index (χ2n) is 8.99. The fourth-order valence-electron chi connectivity index (χ4n) is 5.58. The zero-order valence-corrected chi connectivity index (χ0v) is 18.0. The van der Waals surface area contributed by atoms with E-state index >= 15 is 0 Å². The molecule has 2 aromatic heterocycles. The number of nitrogens with zero attached hydrogens (tertiary/aromatic N) is 4. The van der Waals surface area contributed by atoms with Crippen LogP contribution in [-0.2, 0) is 11.3 Å². The van der Waals surface area contributed by atoms with Crippen molar-refractivity contribution in [1.29, 1.82) is 0 Å². The maximum atomic E-state index is 13.3. The van der Waals surface area contributed by atoms with Crippen molar-refractivity contribution >= 4 is 5.82 Å². The molecule has 11 heteroatoms. The van der Waals surface area contributed by atoms with E-state index in [0.29, 0.717) is 29.1 Å². The first-order valence-corrected chi connectivity index (χ1v) is 11.3. The number of ether oxygens (including phenoxy) is 2. The van der Waals surface area contributed by atoms with Crippen LogP contribution < -0.4 is 10.5 Å². The fraction of sp³-hybridized carbons (Fsp3) is 0.636. The Morgan fingerprint density at radius 1 is 1.12 bits per heavy atom. The van der Waals surface area contributed by atoms with Crippen molar-refractivity contribution in [2.75, 3.05) is 32.0 Å². The number of rotatable bonds is 7. The molecule has 3 aliphatic rings. The first-order valence-electron chi connectivity index (χ1n) is 11.3. The summed E-state index contributed by atoms with van der Waals surface area (Å²) in [4.78, 5) is 6.40. The molecule has 3 heterocycles. The highest BCUT2D eigenvalue weighted by atomic mass is 19.3. The van der Waals surface area contributed by atoms with Crippen LogP contribution in [0.2, 0.25) is 0 Å². The van der Waals surface area contributed by atoms with Crippen molar-refractivity contribution in [1.82, 2.24) is 19.7 Å². The van der Waals surface area contributed by atoms with Gasteiger partial charge in [0.1, 0.15) is 6.54 Å². The number of nitrogens with two attached hydrogens (primary N) is 1. The van der Waals surface area contributed by atoms with Gasteiger partial charge in [-0.1, -0.05) is 0 Å². The second kappa shape index (κ2) is 9.09. The van der Waals surface area contributed by atoms with E-state index in [1.165, 1.54) is 16.9 Å². The van der Waals surface area contributed by atoms with Gasteiger partial charge in [0.05, 0.1) is 12.3 Å². The van der Waals surface area contributed by atoms with Crippen LogP contribution in [0.5, 0.6) is 5.75 Å². The third kappa shape index (κ3) is 4.65. The lowest BCUT2D eigenvalue weighted by molar-refractivity contribution is -0.0494. The quantitative estimate of drug-likeness (QED) is 0.625. The summed E-state index contributed by atoms with van der Waals surface area (Å²) >= 11 is 0. The van der Waals surface area contributed by atoms with Gasteiger partial charge in [-0.2, -0.15) is 13.9 Å². The minimum Gasteiger partial charge on any atom is -0.431 e. The Morgan fingerprint density at radius 2 is 1.91 bits per heavy atom. The van der Waals surface area contributed by atoms with Crippen LogP contribution in [0.15, 0.2) is 18.3 Å². The molecule has 4 atom stereocenters. The van der Waals surface area contributed by atoms with Gasteiger partial charge in [-0.05, 0) is 43.2 Å². The third-order valence-electron chi connectivity index (χ3n) is 7.05. The van der Waals surface area contributed by atoms with Crippen LogP contribution in [0.4, 0.5) is 23.4 Å². The van der Waals surface area contributed by atoms with Gasteiger partial charge in [-0.3, -0.25) is 9.58 Å². The molecule has 5 rings (SSSR count). The Morgan fingerprint density at radius 3 is 2.64 bits per heavy atom. The van der Waals surface area contributed by atoms with E-state index in [4.69, 9.17) is 10.5 Å². The van der Waals surface area contributed by atoms with Crippen molar-refractivity contribution in [2.45, 2.75) is 50.8 Å². The second-order valence-corrected chi connectivity index (χ2v) is 8.99. The molecule has 2 saturated carbocycles. The summed E-state index contributed by atoms with van der Waals surface area (Å²) in [5, 5.41) is 4.37. The van der Waals surface area contributed by atoms with Crippen molar-refractivity contribution in [2.24, 2.45) is 11.8 Å². The summed E-state index contributed by atoms with van der Waals surface area (Å²) < 4.78 is 63.2. The molecule has 2 N–H and O–H groups in total. The van der Waals surface area contributed by atoms with Crippen molar-refractivity contribution in [3.05, 3.63) is 24.0 Å². The number of nitrogen functional groups attached to an aromatic ring is 1. The maximum Gasteiger partial charge on any atom is 0.387 e. The van der Waals surface area contributed by atoms with Gasteiger partial charge >= 0.3 is 6.61 Å². The molecule has 7 nitrogen and oxygen atoms in total. The molecule has 2 aliphatic carbocycles. The van der Waals surface area contributed by atoms with Crippen LogP contribution in [0.1, 0.15) is 30.9 Å². The molecule has 1 aliphatic heterocycles. The Balaban J connectivity index is 1.35. The zero-order chi connectivity index (χ0) is 23.1. The summed E-state index contributed by atoms with van der Waals surface area (Å²) in [7, 11) is 0. The molecule has 180 valence electrons. The van der Waals surface area contributed by atoms with E-state index in [-0.39, 0.29) is 17.5 Å². The number of alkyl halides is 4. The smallest absolute Gasteiger partial charge is 0.387 e. The predicted octanol–water partition coefficient (Wildman–Crippen LogP) is 3.61. The van der Waals surface area contributed by atoms with Crippen LogP contribution in [0.3, 0.4) is 0 Å². The number of halogens is 4. The number of aromatic nitrogens is 3. The SMILES string of the molecule is Nc1ncc(-c2cc(C3[C@H]4CC(N5CCCOCC5)C[C@@H]34)n(CC(F)F)n2)cc1OC(F)F. The first-order chi connectivity index (χ1) is 15.9. The molecule has 2 aromatic rings. The van der Waals surface area contributed by atoms with Crippen LogP contribution in [0.25, 0.3) is 11.3 Å². The molecule has 0 amide bonds. The van der Waals surface area contributed by atoms with E-state index in [9.17, 15) is 17.6 Å². The van der Waals surface area contributed by atoms with Crippen molar-refractivity contribution in [3.8, 4) is 17.0 Å². The predicted molar refractivity (Wildman–Crippen MR) is 112 cm³/mol. The maximum absolute atomic E-state index is 13.3. The van der Waals surface area contributed by atoms with Gasteiger partial charge in [-0.15, -0.1) is 0 Å². The van der Waals surface area contributed by atoms with Crippen LogP contribution in [0, 0.1) is 11.8 Å². The van der Waals surface area contributed by atoms with E-state index in [0.717, 1.165) is 51.3 Å². The van der Waals surface area contributed by atoms with Crippen molar-refractivity contribution in [3.63, 3.8) is 0 Å². The molecule has 0 aromatic carbocycles. The molecule has 0 radical (unpaired) electrons. The fourth-order valence-corrected chi connectivity index (χ4v) is 5.58. The van der Waals surface area contributed by atoms with E-state index in [1.807, 2.05) is 0 Å².